The van der Waals surface area contributed by atoms with Crippen molar-refractivity contribution in [3.8, 4) is 0 Å². The van der Waals surface area contributed by atoms with Crippen molar-refractivity contribution < 1.29 is 9.72 Å². The molecule has 1 aliphatic rings. The number of non-ortho nitro benzene ring substituents is 1. The molecule has 94 valence electrons. The number of carbonyl (C=O) groups is 1. The van der Waals surface area contributed by atoms with Gasteiger partial charge in [-0.3, -0.25) is 19.8 Å². The highest BCUT2D eigenvalue weighted by molar-refractivity contribution is 5.92. The molecule has 5 nitrogen and oxygen atoms in total. The molecule has 0 aromatic heterocycles. The smallest absolute Gasteiger partial charge is 0.269 e. The summed E-state index contributed by atoms with van der Waals surface area (Å²) in [6.07, 6.45) is 1.67. The van der Waals surface area contributed by atoms with E-state index in [0.29, 0.717) is 13.1 Å². The summed E-state index contributed by atoms with van der Waals surface area (Å²) in [5.41, 5.74) is 2.11. The SMILES string of the molecule is CC1=CC(=O)CN(Cc2ccc([N+](=O)[O-])cc2)C1. The van der Waals surface area contributed by atoms with Gasteiger partial charge in [-0.25, -0.2) is 0 Å². The lowest BCUT2D eigenvalue weighted by Crippen LogP contribution is -2.33. The van der Waals surface area contributed by atoms with Gasteiger partial charge in [0.1, 0.15) is 0 Å². The van der Waals surface area contributed by atoms with Gasteiger partial charge in [0.15, 0.2) is 5.78 Å². The molecule has 0 spiro atoms. The molecule has 5 heteroatoms. The first-order chi connectivity index (χ1) is 8.54. The Morgan fingerprint density at radius 1 is 1.28 bits per heavy atom. The summed E-state index contributed by atoms with van der Waals surface area (Å²) in [4.78, 5) is 23.6. The Kier molecular flexibility index (Phi) is 3.53. The highest BCUT2D eigenvalue weighted by Crippen LogP contribution is 2.15. The molecule has 0 fully saturated rings. The molecule has 1 aliphatic heterocycles. The predicted octanol–water partition coefficient (Wildman–Crippen LogP) is 1.93. The van der Waals surface area contributed by atoms with Gasteiger partial charge in [-0.2, -0.15) is 0 Å². The molecule has 0 amide bonds. The van der Waals surface area contributed by atoms with Crippen LogP contribution in [0.4, 0.5) is 5.69 Å². The highest BCUT2D eigenvalue weighted by Gasteiger charge is 2.16. The van der Waals surface area contributed by atoms with E-state index in [1.165, 1.54) is 12.1 Å². The lowest BCUT2D eigenvalue weighted by molar-refractivity contribution is -0.384. The summed E-state index contributed by atoms with van der Waals surface area (Å²) < 4.78 is 0. The Bertz CT molecular complexity index is 505. The lowest BCUT2D eigenvalue weighted by atomic mass is 10.1. The van der Waals surface area contributed by atoms with Crippen LogP contribution in [0.3, 0.4) is 0 Å². The summed E-state index contributed by atoms with van der Waals surface area (Å²) >= 11 is 0. The second kappa shape index (κ2) is 5.10. The van der Waals surface area contributed by atoms with Crippen LogP contribution in [-0.4, -0.2) is 28.7 Å². The molecule has 0 saturated heterocycles. The van der Waals surface area contributed by atoms with Crippen LogP contribution in [-0.2, 0) is 11.3 Å². The van der Waals surface area contributed by atoms with E-state index in [1.54, 1.807) is 18.2 Å². The Morgan fingerprint density at radius 3 is 2.50 bits per heavy atom. The van der Waals surface area contributed by atoms with Crippen LogP contribution in [0.5, 0.6) is 0 Å². The minimum atomic E-state index is -0.416. The number of ketones is 1. The van der Waals surface area contributed by atoms with Crippen molar-refractivity contribution in [1.82, 2.24) is 4.90 Å². The molecule has 0 N–H and O–H groups in total. The van der Waals surface area contributed by atoms with Gasteiger partial charge in [-0.1, -0.05) is 17.7 Å². The molecule has 0 unspecified atom stereocenters. The van der Waals surface area contributed by atoms with Crippen LogP contribution in [0.2, 0.25) is 0 Å². The maximum Gasteiger partial charge on any atom is 0.269 e. The zero-order valence-corrected chi connectivity index (χ0v) is 10.1. The van der Waals surface area contributed by atoms with E-state index in [9.17, 15) is 14.9 Å². The molecule has 1 heterocycles. The molecule has 0 saturated carbocycles. The van der Waals surface area contributed by atoms with E-state index in [1.807, 2.05) is 11.8 Å². The first-order valence-electron chi connectivity index (χ1n) is 5.70. The van der Waals surface area contributed by atoms with Crippen LogP contribution in [0, 0.1) is 10.1 Å². The van der Waals surface area contributed by atoms with Gasteiger partial charge < -0.3 is 0 Å². The standard InChI is InChI=1S/C13H14N2O3/c1-10-6-13(16)9-14(7-10)8-11-2-4-12(5-3-11)15(17)18/h2-6H,7-9H2,1H3. The minimum Gasteiger partial charge on any atom is -0.293 e. The van der Waals surface area contributed by atoms with E-state index in [0.717, 1.165) is 17.7 Å². The fourth-order valence-electron chi connectivity index (χ4n) is 2.09. The third kappa shape index (κ3) is 3.01. The van der Waals surface area contributed by atoms with Crippen LogP contribution in [0.1, 0.15) is 12.5 Å². The first kappa shape index (κ1) is 12.4. The molecular weight excluding hydrogens is 232 g/mol. The van der Waals surface area contributed by atoms with Crippen molar-refractivity contribution in [1.29, 1.82) is 0 Å². The van der Waals surface area contributed by atoms with Gasteiger partial charge in [0.05, 0.1) is 11.5 Å². The van der Waals surface area contributed by atoms with Crippen molar-refractivity contribution in [2.24, 2.45) is 0 Å². The van der Waals surface area contributed by atoms with Gasteiger partial charge >= 0.3 is 0 Å². The fraction of sp³-hybridized carbons (Fsp3) is 0.308. The number of nitro benzene ring substituents is 1. The Morgan fingerprint density at radius 2 is 1.94 bits per heavy atom. The van der Waals surface area contributed by atoms with Crippen LogP contribution >= 0.6 is 0 Å². The van der Waals surface area contributed by atoms with Crippen molar-refractivity contribution in [2.75, 3.05) is 13.1 Å². The molecule has 2 rings (SSSR count). The second-order valence-electron chi connectivity index (χ2n) is 4.53. The summed E-state index contributed by atoms with van der Waals surface area (Å²) in [6, 6.07) is 6.44. The van der Waals surface area contributed by atoms with Gasteiger partial charge in [0.25, 0.3) is 5.69 Å². The third-order valence-electron chi connectivity index (χ3n) is 2.81. The number of nitrogens with zero attached hydrogens (tertiary/aromatic N) is 2. The number of hydrogen-bond acceptors (Lipinski definition) is 4. The topological polar surface area (TPSA) is 63.5 Å². The summed E-state index contributed by atoms with van der Waals surface area (Å²) in [7, 11) is 0. The minimum absolute atomic E-state index is 0.0875. The maximum absolute atomic E-state index is 11.4. The Labute approximate surface area is 105 Å². The average molecular weight is 246 g/mol. The molecule has 0 aliphatic carbocycles. The maximum atomic E-state index is 11.4. The van der Waals surface area contributed by atoms with Gasteiger partial charge in [0, 0.05) is 25.2 Å². The molecule has 18 heavy (non-hydrogen) atoms. The quantitative estimate of drug-likeness (QED) is 0.603. The molecule has 0 atom stereocenters. The summed E-state index contributed by atoms with van der Waals surface area (Å²) in [6.45, 7) is 3.74. The summed E-state index contributed by atoms with van der Waals surface area (Å²) in [5.74, 6) is 0.112. The van der Waals surface area contributed by atoms with E-state index in [-0.39, 0.29) is 11.5 Å². The fourth-order valence-corrected chi connectivity index (χ4v) is 2.09. The zero-order chi connectivity index (χ0) is 13.1. The van der Waals surface area contributed by atoms with Gasteiger partial charge in [-0.05, 0) is 18.6 Å². The van der Waals surface area contributed by atoms with Crippen LogP contribution in [0.25, 0.3) is 0 Å². The largest absolute Gasteiger partial charge is 0.293 e. The Balaban J connectivity index is 2.04. The van der Waals surface area contributed by atoms with Gasteiger partial charge in [0.2, 0.25) is 0 Å². The van der Waals surface area contributed by atoms with Crippen molar-refractivity contribution in [2.45, 2.75) is 13.5 Å². The molecular formula is C13H14N2O3. The summed E-state index contributed by atoms with van der Waals surface area (Å²) in [5, 5.41) is 10.5. The molecule has 1 aromatic rings. The normalized spacial score (nSPS) is 16.5. The molecule has 0 bridgehead atoms. The van der Waals surface area contributed by atoms with Gasteiger partial charge in [-0.15, -0.1) is 0 Å². The van der Waals surface area contributed by atoms with Crippen molar-refractivity contribution >= 4 is 11.5 Å². The number of benzene rings is 1. The third-order valence-corrected chi connectivity index (χ3v) is 2.81. The lowest BCUT2D eigenvalue weighted by Gasteiger charge is -2.24. The highest BCUT2D eigenvalue weighted by atomic mass is 16.6. The monoisotopic (exact) mass is 246 g/mol. The average Bonchev–Trinajstić information content (AvgIpc) is 2.28. The zero-order valence-electron chi connectivity index (χ0n) is 10.1. The number of rotatable bonds is 3. The van der Waals surface area contributed by atoms with Crippen molar-refractivity contribution in [3.63, 3.8) is 0 Å². The van der Waals surface area contributed by atoms with E-state index >= 15 is 0 Å². The number of nitro groups is 1. The van der Waals surface area contributed by atoms with Crippen molar-refractivity contribution in [3.05, 3.63) is 51.6 Å². The molecule has 1 aromatic carbocycles. The van der Waals surface area contributed by atoms with E-state index < -0.39 is 4.92 Å². The van der Waals surface area contributed by atoms with Crippen LogP contribution in [0.15, 0.2) is 35.9 Å². The Hall–Kier alpha value is -2.01. The van der Waals surface area contributed by atoms with E-state index in [4.69, 9.17) is 0 Å². The first-order valence-corrected chi connectivity index (χ1v) is 5.70. The predicted molar refractivity (Wildman–Crippen MR) is 67.1 cm³/mol. The number of carbonyl (C=O) groups excluding carboxylic acids is 1. The second-order valence-corrected chi connectivity index (χ2v) is 4.53. The molecule has 0 radical (unpaired) electrons. The van der Waals surface area contributed by atoms with E-state index in [2.05, 4.69) is 0 Å². The number of hydrogen-bond donors (Lipinski definition) is 0. The van der Waals surface area contributed by atoms with Crippen LogP contribution < -0.4 is 0 Å².